The molecule has 2 rings (SSSR count). The largest absolute Gasteiger partial charge is 0.376 e. The summed E-state index contributed by atoms with van der Waals surface area (Å²) in [4.78, 5) is 10.7. The Labute approximate surface area is 108 Å². The minimum absolute atomic E-state index is 0.169. The second-order valence-electron chi connectivity index (χ2n) is 5.29. The summed E-state index contributed by atoms with van der Waals surface area (Å²) in [6.07, 6.45) is 3.55. The maximum absolute atomic E-state index is 11.0. The Balaban J connectivity index is 2.16. The number of benzene rings is 1. The molecule has 0 unspecified atom stereocenters. The summed E-state index contributed by atoms with van der Waals surface area (Å²) in [5.74, 6) is 1.23. The predicted molar refractivity (Wildman–Crippen MR) is 72.7 cm³/mol. The van der Waals surface area contributed by atoms with Crippen LogP contribution in [0.25, 0.3) is 0 Å². The van der Waals surface area contributed by atoms with Crippen LogP contribution in [0.2, 0.25) is 0 Å². The van der Waals surface area contributed by atoms with E-state index in [1.807, 2.05) is 6.07 Å². The second kappa shape index (κ2) is 5.38. The lowest BCUT2D eigenvalue weighted by Crippen LogP contribution is -2.35. The molecule has 1 aliphatic carbocycles. The fourth-order valence-electron chi connectivity index (χ4n) is 2.74. The number of nitrogens with zero attached hydrogens (tertiary/aromatic N) is 1. The third-order valence-corrected chi connectivity index (χ3v) is 4.15. The van der Waals surface area contributed by atoms with E-state index in [0.29, 0.717) is 23.6 Å². The van der Waals surface area contributed by atoms with Crippen LogP contribution in [-0.4, -0.2) is 11.0 Å². The molecule has 1 fully saturated rings. The van der Waals surface area contributed by atoms with Crippen LogP contribution in [0, 0.1) is 22.0 Å². The molecule has 1 N–H and O–H groups in total. The molecule has 98 valence electrons. The first-order chi connectivity index (χ1) is 8.59. The predicted octanol–water partition coefficient (Wildman–Crippen LogP) is 3.83. The van der Waals surface area contributed by atoms with Crippen molar-refractivity contribution in [2.24, 2.45) is 11.8 Å². The highest BCUT2D eigenvalue weighted by Crippen LogP contribution is 2.33. The fraction of sp³-hybridized carbons (Fsp3) is 0.571. The molecule has 1 saturated carbocycles. The molecule has 3 atom stereocenters. The number of hydrogen-bond acceptors (Lipinski definition) is 3. The van der Waals surface area contributed by atoms with Gasteiger partial charge in [0, 0.05) is 12.1 Å². The summed E-state index contributed by atoms with van der Waals surface area (Å²) in [6.45, 7) is 4.49. The Hall–Kier alpha value is -1.58. The summed E-state index contributed by atoms with van der Waals surface area (Å²) in [6, 6.07) is 7.24. The summed E-state index contributed by atoms with van der Waals surface area (Å²) < 4.78 is 0. The van der Waals surface area contributed by atoms with Crippen molar-refractivity contribution in [3.63, 3.8) is 0 Å². The Morgan fingerprint density at radius 1 is 1.28 bits per heavy atom. The van der Waals surface area contributed by atoms with Gasteiger partial charge in [0.2, 0.25) is 0 Å². The number of nitro groups is 1. The molecular weight excluding hydrogens is 228 g/mol. The lowest BCUT2D eigenvalue weighted by molar-refractivity contribution is -0.384. The van der Waals surface area contributed by atoms with Crippen LogP contribution in [0.3, 0.4) is 0 Å². The van der Waals surface area contributed by atoms with Crippen LogP contribution in [-0.2, 0) is 0 Å². The van der Waals surface area contributed by atoms with Crippen molar-refractivity contribution in [2.45, 2.75) is 39.2 Å². The number of rotatable bonds is 3. The molecule has 1 aromatic carbocycles. The minimum Gasteiger partial charge on any atom is -0.376 e. The van der Waals surface area contributed by atoms with Gasteiger partial charge >= 0.3 is 0 Å². The lowest BCUT2D eigenvalue weighted by Gasteiger charge is -2.35. The Morgan fingerprint density at radius 3 is 2.72 bits per heavy atom. The SMILES string of the molecule is C[C@H]1[C@H](C)CCC[C@@H]1Nc1ccccc1[N+](=O)[O-]. The van der Waals surface area contributed by atoms with E-state index in [2.05, 4.69) is 19.2 Å². The molecular formula is C14H20N2O2. The standard InChI is InChI=1S/C14H20N2O2/c1-10-6-5-8-12(11(10)2)15-13-7-3-4-9-14(13)16(17)18/h3-4,7,9-12,15H,5-6,8H2,1-2H3/t10-,11+,12+/m1/s1. The summed E-state index contributed by atoms with van der Waals surface area (Å²) in [5, 5.41) is 14.3. The number of para-hydroxylation sites is 2. The van der Waals surface area contributed by atoms with E-state index >= 15 is 0 Å². The first kappa shape index (κ1) is 12.9. The van der Waals surface area contributed by atoms with Gasteiger partial charge in [0.05, 0.1) is 4.92 Å². The maximum atomic E-state index is 11.0. The molecule has 4 heteroatoms. The van der Waals surface area contributed by atoms with Gasteiger partial charge in [0.15, 0.2) is 0 Å². The van der Waals surface area contributed by atoms with Gasteiger partial charge in [-0.2, -0.15) is 0 Å². The topological polar surface area (TPSA) is 55.2 Å². The van der Waals surface area contributed by atoms with Crippen molar-refractivity contribution in [3.8, 4) is 0 Å². The van der Waals surface area contributed by atoms with Crippen molar-refractivity contribution < 1.29 is 4.92 Å². The molecule has 4 nitrogen and oxygen atoms in total. The highest BCUT2D eigenvalue weighted by molar-refractivity contribution is 5.61. The molecule has 0 saturated heterocycles. The molecule has 0 aliphatic heterocycles. The highest BCUT2D eigenvalue weighted by atomic mass is 16.6. The van der Waals surface area contributed by atoms with Gasteiger partial charge in [0.1, 0.15) is 5.69 Å². The molecule has 1 aliphatic rings. The van der Waals surface area contributed by atoms with Gasteiger partial charge in [-0.15, -0.1) is 0 Å². The first-order valence-corrected chi connectivity index (χ1v) is 6.59. The van der Waals surface area contributed by atoms with Gasteiger partial charge in [-0.1, -0.05) is 38.8 Å². The van der Waals surface area contributed by atoms with Crippen molar-refractivity contribution in [2.75, 3.05) is 5.32 Å². The van der Waals surface area contributed by atoms with E-state index in [4.69, 9.17) is 0 Å². The van der Waals surface area contributed by atoms with E-state index < -0.39 is 0 Å². The zero-order valence-corrected chi connectivity index (χ0v) is 10.9. The molecule has 1 aromatic rings. The zero-order valence-electron chi connectivity index (χ0n) is 10.9. The molecule has 0 aromatic heterocycles. The van der Waals surface area contributed by atoms with Gasteiger partial charge in [0.25, 0.3) is 5.69 Å². The number of hydrogen-bond donors (Lipinski definition) is 1. The normalized spacial score (nSPS) is 27.8. The summed E-state index contributed by atoms with van der Waals surface area (Å²) in [5.41, 5.74) is 0.816. The van der Waals surface area contributed by atoms with Crippen LogP contribution in [0.4, 0.5) is 11.4 Å². The van der Waals surface area contributed by atoms with Gasteiger partial charge in [-0.3, -0.25) is 10.1 Å². The number of nitro benzene ring substituents is 1. The summed E-state index contributed by atoms with van der Waals surface area (Å²) in [7, 11) is 0. The van der Waals surface area contributed by atoms with E-state index in [-0.39, 0.29) is 10.6 Å². The summed E-state index contributed by atoms with van der Waals surface area (Å²) >= 11 is 0. The molecule has 0 spiro atoms. The van der Waals surface area contributed by atoms with Crippen molar-refractivity contribution in [3.05, 3.63) is 34.4 Å². The van der Waals surface area contributed by atoms with Gasteiger partial charge in [-0.25, -0.2) is 0 Å². The van der Waals surface area contributed by atoms with Crippen molar-refractivity contribution >= 4 is 11.4 Å². The average Bonchev–Trinajstić information content (AvgIpc) is 2.35. The Kier molecular flexibility index (Phi) is 3.84. The third kappa shape index (κ3) is 2.63. The van der Waals surface area contributed by atoms with Crippen LogP contribution in [0.15, 0.2) is 24.3 Å². The van der Waals surface area contributed by atoms with Crippen molar-refractivity contribution in [1.82, 2.24) is 0 Å². The van der Waals surface area contributed by atoms with Gasteiger partial charge < -0.3 is 5.32 Å². The quantitative estimate of drug-likeness (QED) is 0.653. The van der Waals surface area contributed by atoms with Gasteiger partial charge in [-0.05, 0) is 24.3 Å². The van der Waals surface area contributed by atoms with Crippen molar-refractivity contribution in [1.29, 1.82) is 0 Å². The Morgan fingerprint density at radius 2 is 2.00 bits per heavy atom. The van der Waals surface area contributed by atoms with Crippen LogP contribution in [0.1, 0.15) is 33.1 Å². The average molecular weight is 248 g/mol. The smallest absolute Gasteiger partial charge is 0.292 e. The molecule has 0 bridgehead atoms. The van der Waals surface area contributed by atoms with Crippen LogP contribution >= 0.6 is 0 Å². The zero-order chi connectivity index (χ0) is 13.1. The number of anilines is 1. The Bertz CT molecular complexity index is 434. The maximum Gasteiger partial charge on any atom is 0.292 e. The molecule has 0 amide bonds. The molecule has 18 heavy (non-hydrogen) atoms. The van der Waals surface area contributed by atoms with Crippen LogP contribution < -0.4 is 5.32 Å². The van der Waals surface area contributed by atoms with E-state index in [1.165, 1.54) is 12.8 Å². The lowest BCUT2D eigenvalue weighted by atomic mass is 9.78. The number of nitrogens with one attached hydrogen (secondary N) is 1. The second-order valence-corrected chi connectivity index (χ2v) is 5.29. The first-order valence-electron chi connectivity index (χ1n) is 6.59. The monoisotopic (exact) mass is 248 g/mol. The van der Waals surface area contributed by atoms with E-state index in [0.717, 1.165) is 6.42 Å². The highest BCUT2D eigenvalue weighted by Gasteiger charge is 2.28. The fourth-order valence-corrected chi connectivity index (χ4v) is 2.74. The van der Waals surface area contributed by atoms with E-state index in [9.17, 15) is 10.1 Å². The molecule has 0 heterocycles. The molecule has 0 radical (unpaired) electrons. The van der Waals surface area contributed by atoms with Crippen LogP contribution in [0.5, 0.6) is 0 Å². The van der Waals surface area contributed by atoms with E-state index in [1.54, 1.807) is 18.2 Å². The minimum atomic E-state index is -0.320. The third-order valence-electron chi connectivity index (χ3n) is 4.15.